The van der Waals surface area contributed by atoms with Gasteiger partial charge in [0.05, 0.1) is 6.54 Å². The van der Waals surface area contributed by atoms with Crippen molar-refractivity contribution in [3.05, 3.63) is 58.5 Å². The highest BCUT2D eigenvalue weighted by atomic mass is 127. The number of aliphatic hydroxyl groups is 1. The summed E-state index contributed by atoms with van der Waals surface area (Å²) in [7, 11) is 0. The number of aliphatic imine (C=N–C) groups is 1. The number of nitrogens with zero attached hydrogens (tertiary/aromatic N) is 1. The zero-order valence-corrected chi connectivity index (χ0v) is 18.5. The lowest BCUT2D eigenvalue weighted by Gasteiger charge is -2.19. The monoisotopic (exact) mass is 491 g/mol. The third kappa shape index (κ3) is 7.17. The zero-order valence-electron chi connectivity index (χ0n) is 15.4. The van der Waals surface area contributed by atoms with Crippen molar-refractivity contribution in [2.24, 2.45) is 4.99 Å². The fraction of sp³-hybridized carbons (Fsp3) is 0.421. The Balaban J connectivity index is 0.00000338. The molecular formula is C19H27ClIN3O2. The number of nitrogens with one attached hydrogen (secondary N) is 2. The van der Waals surface area contributed by atoms with Gasteiger partial charge in [0.15, 0.2) is 5.96 Å². The number of aryl methyl sites for hydroxylation is 1. The van der Waals surface area contributed by atoms with Gasteiger partial charge >= 0.3 is 0 Å². The molecule has 2 aromatic rings. The van der Waals surface area contributed by atoms with Gasteiger partial charge in [0, 0.05) is 18.1 Å². The van der Waals surface area contributed by atoms with Gasteiger partial charge < -0.3 is 20.2 Å². The molecule has 0 spiro atoms. The first-order valence-electron chi connectivity index (χ1n) is 8.46. The molecule has 1 aromatic heterocycles. The van der Waals surface area contributed by atoms with Crippen LogP contribution in [0.25, 0.3) is 0 Å². The van der Waals surface area contributed by atoms with E-state index in [-0.39, 0.29) is 30.5 Å². The molecule has 1 heterocycles. The van der Waals surface area contributed by atoms with Crippen LogP contribution in [0.3, 0.4) is 0 Å². The van der Waals surface area contributed by atoms with Crippen LogP contribution in [0.15, 0.2) is 45.8 Å². The second kappa shape index (κ2) is 10.8. The third-order valence-electron chi connectivity index (χ3n) is 3.78. The van der Waals surface area contributed by atoms with Crippen molar-refractivity contribution in [2.45, 2.75) is 32.8 Å². The lowest BCUT2D eigenvalue weighted by Crippen LogP contribution is -2.39. The van der Waals surface area contributed by atoms with Crippen molar-refractivity contribution in [2.75, 3.05) is 19.6 Å². The molecule has 2 rings (SSSR count). The molecule has 0 saturated heterocycles. The van der Waals surface area contributed by atoms with E-state index in [4.69, 9.17) is 16.0 Å². The number of benzene rings is 1. The van der Waals surface area contributed by atoms with Crippen LogP contribution in [0.4, 0.5) is 0 Å². The van der Waals surface area contributed by atoms with Crippen molar-refractivity contribution in [3.63, 3.8) is 0 Å². The average Bonchev–Trinajstić information content (AvgIpc) is 3.02. The first-order chi connectivity index (χ1) is 11.9. The molecule has 144 valence electrons. The van der Waals surface area contributed by atoms with Gasteiger partial charge in [-0.15, -0.1) is 24.0 Å². The predicted octanol–water partition coefficient (Wildman–Crippen LogP) is 3.86. The molecule has 26 heavy (non-hydrogen) atoms. The Morgan fingerprint density at radius 2 is 1.88 bits per heavy atom. The Kier molecular flexibility index (Phi) is 9.46. The molecule has 0 aliphatic rings. The number of halogens is 2. The second-order valence-corrected chi connectivity index (χ2v) is 6.62. The first kappa shape index (κ1) is 22.8. The van der Waals surface area contributed by atoms with E-state index in [1.54, 1.807) is 13.0 Å². The van der Waals surface area contributed by atoms with E-state index in [2.05, 4.69) is 15.6 Å². The average molecular weight is 492 g/mol. The van der Waals surface area contributed by atoms with E-state index >= 15 is 0 Å². The van der Waals surface area contributed by atoms with Gasteiger partial charge in [0.1, 0.15) is 17.1 Å². The summed E-state index contributed by atoms with van der Waals surface area (Å²) < 4.78 is 5.52. The van der Waals surface area contributed by atoms with Gasteiger partial charge in [-0.25, -0.2) is 4.99 Å². The summed E-state index contributed by atoms with van der Waals surface area (Å²) in [4.78, 5) is 4.48. The van der Waals surface area contributed by atoms with Crippen LogP contribution in [0.5, 0.6) is 0 Å². The van der Waals surface area contributed by atoms with E-state index in [0.717, 1.165) is 30.3 Å². The van der Waals surface area contributed by atoms with Crippen molar-refractivity contribution in [1.29, 1.82) is 0 Å². The van der Waals surface area contributed by atoms with Gasteiger partial charge in [0.2, 0.25) is 0 Å². The SMILES string of the molecule is CCNC(=NCC(C)(O)c1ccc(C)o1)NCCc1ccc(Cl)cc1.I. The lowest BCUT2D eigenvalue weighted by atomic mass is 10.0. The lowest BCUT2D eigenvalue weighted by molar-refractivity contribution is 0.0428. The van der Waals surface area contributed by atoms with E-state index in [0.29, 0.717) is 11.7 Å². The minimum absolute atomic E-state index is 0. The molecule has 5 nitrogen and oxygen atoms in total. The Morgan fingerprint density at radius 1 is 1.19 bits per heavy atom. The molecule has 0 fully saturated rings. The Labute approximate surface area is 177 Å². The van der Waals surface area contributed by atoms with Crippen LogP contribution >= 0.6 is 35.6 Å². The number of furan rings is 1. The van der Waals surface area contributed by atoms with Crippen LogP contribution < -0.4 is 10.6 Å². The van der Waals surface area contributed by atoms with Gasteiger partial charge in [0.25, 0.3) is 0 Å². The van der Waals surface area contributed by atoms with E-state index in [1.807, 2.05) is 44.2 Å². The smallest absolute Gasteiger partial charge is 0.191 e. The topological polar surface area (TPSA) is 69.8 Å². The van der Waals surface area contributed by atoms with Gasteiger partial charge in [-0.2, -0.15) is 0 Å². The zero-order chi connectivity index (χ0) is 18.3. The van der Waals surface area contributed by atoms with Crippen molar-refractivity contribution in [3.8, 4) is 0 Å². The first-order valence-corrected chi connectivity index (χ1v) is 8.84. The standard InChI is InChI=1S/C19H26ClN3O2.HI/c1-4-21-18(22-12-11-15-6-8-16(20)9-7-15)23-13-19(3,24)17-10-5-14(2)25-17;/h5-10,24H,4,11-13H2,1-3H3,(H2,21,22,23);1H. The Bertz CT molecular complexity index is 699. The molecule has 1 unspecified atom stereocenters. The van der Waals surface area contributed by atoms with Crippen LogP contribution in [-0.4, -0.2) is 30.7 Å². The summed E-state index contributed by atoms with van der Waals surface area (Å²) in [5.41, 5.74) is 0.0538. The predicted molar refractivity (Wildman–Crippen MR) is 118 cm³/mol. The molecule has 0 saturated carbocycles. The fourth-order valence-corrected chi connectivity index (χ4v) is 2.48. The molecule has 3 N–H and O–H groups in total. The maximum absolute atomic E-state index is 10.6. The fourth-order valence-electron chi connectivity index (χ4n) is 2.35. The quantitative estimate of drug-likeness (QED) is 0.312. The maximum atomic E-state index is 10.6. The summed E-state index contributed by atoms with van der Waals surface area (Å²) >= 11 is 5.90. The van der Waals surface area contributed by atoms with Crippen LogP contribution in [0.1, 0.15) is 30.9 Å². The van der Waals surface area contributed by atoms with Gasteiger partial charge in [-0.05, 0) is 57.0 Å². The molecule has 0 radical (unpaired) electrons. The second-order valence-electron chi connectivity index (χ2n) is 6.18. The van der Waals surface area contributed by atoms with Gasteiger partial charge in [-0.1, -0.05) is 23.7 Å². The van der Waals surface area contributed by atoms with Crippen molar-refractivity contribution in [1.82, 2.24) is 10.6 Å². The highest BCUT2D eigenvalue weighted by Gasteiger charge is 2.26. The molecule has 0 amide bonds. The number of rotatable bonds is 7. The van der Waals surface area contributed by atoms with Crippen LogP contribution in [-0.2, 0) is 12.0 Å². The van der Waals surface area contributed by atoms with Gasteiger partial charge in [-0.3, -0.25) is 0 Å². The summed E-state index contributed by atoms with van der Waals surface area (Å²) in [6.07, 6.45) is 0.857. The molecule has 1 aromatic carbocycles. The van der Waals surface area contributed by atoms with Crippen LogP contribution in [0.2, 0.25) is 5.02 Å². The van der Waals surface area contributed by atoms with Crippen molar-refractivity contribution < 1.29 is 9.52 Å². The molecule has 0 bridgehead atoms. The summed E-state index contributed by atoms with van der Waals surface area (Å²) in [5.74, 6) is 1.96. The summed E-state index contributed by atoms with van der Waals surface area (Å²) in [6, 6.07) is 11.4. The Hall–Kier alpha value is -1.25. The maximum Gasteiger partial charge on any atom is 0.191 e. The largest absolute Gasteiger partial charge is 0.463 e. The van der Waals surface area contributed by atoms with Crippen LogP contribution in [0, 0.1) is 6.92 Å². The Morgan fingerprint density at radius 3 is 2.46 bits per heavy atom. The molecule has 0 aliphatic carbocycles. The van der Waals surface area contributed by atoms with E-state index < -0.39 is 5.60 Å². The summed E-state index contributed by atoms with van der Waals surface area (Å²) in [6.45, 7) is 7.24. The molecule has 0 aliphatic heterocycles. The normalized spacial score (nSPS) is 13.7. The van der Waals surface area contributed by atoms with Crippen molar-refractivity contribution >= 4 is 41.5 Å². The summed E-state index contributed by atoms with van der Waals surface area (Å²) in [5, 5.41) is 17.8. The minimum atomic E-state index is -1.15. The molecule has 7 heteroatoms. The molecule has 1 atom stereocenters. The molecular weight excluding hydrogens is 465 g/mol. The highest BCUT2D eigenvalue weighted by molar-refractivity contribution is 14.0. The van der Waals surface area contributed by atoms with E-state index in [1.165, 1.54) is 5.56 Å². The third-order valence-corrected chi connectivity index (χ3v) is 4.03. The number of guanidine groups is 1. The number of hydrogen-bond donors (Lipinski definition) is 3. The number of hydrogen-bond acceptors (Lipinski definition) is 3. The minimum Gasteiger partial charge on any atom is -0.463 e. The van der Waals surface area contributed by atoms with E-state index in [9.17, 15) is 5.11 Å². The highest BCUT2D eigenvalue weighted by Crippen LogP contribution is 2.23.